The van der Waals surface area contributed by atoms with Gasteiger partial charge in [-0.2, -0.15) is 0 Å². The molecule has 0 aliphatic heterocycles. The summed E-state index contributed by atoms with van der Waals surface area (Å²) < 4.78 is 0. The Morgan fingerprint density at radius 2 is 1.96 bits per heavy atom. The van der Waals surface area contributed by atoms with Gasteiger partial charge in [0.2, 0.25) is 17.0 Å². The van der Waals surface area contributed by atoms with E-state index in [1.54, 1.807) is 6.92 Å². The Morgan fingerprint density at radius 1 is 1.23 bits per heavy atom. The number of benzene rings is 1. The highest BCUT2D eigenvalue weighted by Crippen LogP contribution is 2.19. The molecular weight excluding hydrogens is 350 g/mol. The van der Waals surface area contributed by atoms with Crippen LogP contribution < -0.4 is 10.6 Å². The van der Waals surface area contributed by atoms with Gasteiger partial charge in [-0.1, -0.05) is 49.9 Å². The van der Waals surface area contributed by atoms with Gasteiger partial charge in [-0.15, -0.1) is 5.10 Å². The zero-order chi connectivity index (χ0) is 18.9. The third-order valence-corrected chi connectivity index (χ3v) is 4.60. The van der Waals surface area contributed by atoms with Gasteiger partial charge >= 0.3 is 0 Å². The maximum absolute atomic E-state index is 12.0. The van der Waals surface area contributed by atoms with Crippen LogP contribution in [0.5, 0.6) is 0 Å². The highest BCUT2D eigenvalue weighted by molar-refractivity contribution is 7.99. The topological polar surface area (TPSA) is 99.8 Å². The molecule has 1 heterocycles. The second-order valence-electron chi connectivity index (χ2n) is 5.89. The van der Waals surface area contributed by atoms with Crippen LogP contribution >= 0.6 is 11.8 Å². The summed E-state index contributed by atoms with van der Waals surface area (Å²) in [4.78, 5) is 28.1. The molecule has 0 aliphatic carbocycles. The SMILES string of the molecule is CCCNC(=O)[C@@H](C)NC(=O)CSc1n[nH]c(-c2ccc(CC)cc2)n1. The molecule has 0 aliphatic rings. The van der Waals surface area contributed by atoms with Gasteiger partial charge in [0.1, 0.15) is 6.04 Å². The van der Waals surface area contributed by atoms with Crippen LogP contribution in [0.2, 0.25) is 0 Å². The summed E-state index contributed by atoms with van der Waals surface area (Å²) in [5.41, 5.74) is 2.21. The quantitative estimate of drug-likeness (QED) is 0.583. The van der Waals surface area contributed by atoms with E-state index in [9.17, 15) is 9.59 Å². The second kappa shape index (κ2) is 9.96. The molecule has 0 saturated carbocycles. The first-order valence-electron chi connectivity index (χ1n) is 8.75. The fourth-order valence-electron chi connectivity index (χ4n) is 2.22. The zero-order valence-electron chi connectivity index (χ0n) is 15.3. The van der Waals surface area contributed by atoms with E-state index in [1.165, 1.54) is 17.3 Å². The predicted octanol–water partition coefficient (Wildman–Crippen LogP) is 2.16. The van der Waals surface area contributed by atoms with Crippen LogP contribution in [0.15, 0.2) is 29.4 Å². The number of carbonyl (C=O) groups is 2. The molecule has 140 valence electrons. The first-order valence-corrected chi connectivity index (χ1v) is 9.73. The summed E-state index contributed by atoms with van der Waals surface area (Å²) in [6.07, 6.45) is 1.85. The minimum absolute atomic E-state index is 0.150. The van der Waals surface area contributed by atoms with Gasteiger partial charge in [0.15, 0.2) is 5.82 Å². The van der Waals surface area contributed by atoms with Crippen LogP contribution in [0, 0.1) is 0 Å². The van der Waals surface area contributed by atoms with Crippen LogP contribution in [0.4, 0.5) is 0 Å². The van der Waals surface area contributed by atoms with E-state index in [1.807, 2.05) is 19.1 Å². The average molecular weight is 375 g/mol. The van der Waals surface area contributed by atoms with Crippen LogP contribution in [0.3, 0.4) is 0 Å². The number of H-pyrrole nitrogens is 1. The highest BCUT2D eigenvalue weighted by atomic mass is 32.2. The number of aromatic nitrogens is 3. The minimum atomic E-state index is -0.561. The average Bonchev–Trinajstić information content (AvgIpc) is 3.13. The molecule has 1 aromatic heterocycles. The molecule has 3 N–H and O–H groups in total. The molecule has 7 nitrogen and oxygen atoms in total. The van der Waals surface area contributed by atoms with Crippen molar-refractivity contribution in [2.24, 2.45) is 0 Å². The van der Waals surface area contributed by atoms with Crippen LogP contribution in [-0.2, 0) is 16.0 Å². The number of aryl methyl sites for hydroxylation is 1. The summed E-state index contributed by atoms with van der Waals surface area (Å²) in [7, 11) is 0. The fourth-order valence-corrected chi connectivity index (χ4v) is 2.83. The molecule has 0 bridgehead atoms. The van der Waals surface area contributed by atoms with E-state index in [-0.39, 0.29) is 17.6 Å². The lowest BCUT2D eigenvalue weighted by molar-refractivity contribution is -0.127. The number of aromatic amines is 1. The van der Waals surface area contributed by atoms with Gasteiger partial charge in [-0.25, -0.2) is 4.98 Å². The van der Waals surface area contributed by atoms with Gasteiger partial charge in [0.05, 0.1) is 5.75 Å². The number of hydrogen-bond acceptors (Lipinski definition) is 5. The van der Waals surface area contributed by atoms with E-state index in [2.05, 4.69) is 44.9 Å². The molecule has 2 amide bonds. The van der Waals surface area contributed by atoms with Crippen molar-refractivity contribution < 1.29 is 9.59 Å². The van der Waals surface area contributed by atoms with Gasteiger partial charge in [0.25, 0.3) is 0 Å². The van der Waals surface area contributed by atoms with Gasteiger partial charge < -0.3 is 10.6 Å². The normalized spacial score (nSPS) is 11.8. The third-order valence-electron chi connectivity index (χ3n) is 3.75. The second-order valence-corrected chi connectivity index (χ2v) is 6.83. The molecule has 1 atom stereocenters. The van der Waals surface area contributed by atoms with E-state index in [0.717, 1.165) is 18.4 Å². The molecular formula is C18H25N5O2S. The Hall–Kier alpha value is -2.35. The van der Waals surface area contributed by atoms with E-state index in [0.29, 0.717) is 17.5 Å². The van der Waals surface area contributed by atoms with Gasteiger partial charge in [-0.05, 0) is 25.3 Å². The van der Waals surface area contributed by atoms with Crippen LogP contribution in [0.25, 0.3) is 11.4 Å². The van der Waals surface area contributed by atoms with Crippen molar-refractivity contribution in [3.63, 3.8) is 0 Å². The molecule has 0 radical (unpaired) electrons. The first kappa shape index (κ1) is 20.0. The Labute approximate surface area is 157 Å². The molecule has 26 heavy (non-hydrogen) atoms. The Bertz CT molecular complexity index is 729. The van der Waals surface area contributed by atoms with Crippen LogP contribution in [-0.4, -0.2) is 45.3 Å². The van der Waals surface area contributed by atoms with Crippen molar-refractivity contribution in [2.45, 2.75) is 44.8 Å². The number of carbonyl (C=O) groups excluding carboxylic acids is 2. The number of hydrogen-bond donors (Lipinski definition) is 3. The molecule has 0 fully saturated rings. The molecule has 1 aromatic carbocycles. The minimum Gasteiger partial charge on any atom is -0.354 e. The van der Waals surface area contributed by atoms with Crippen molar-refractivity contribution >= 4 is 23.6 Å². The number of rotatable bonds is 9. The molecule has 2 rings (SSSR count). The van der Waals surface area contributed by atoms with E-state index < -0.39 is 6.04 Å². The summed E-state index contributed by atoms with van der Waals surface area (Å²) in [5.74, 6) is 0.411. The smallest absolute Gasteiger partial charge is 0.242 e. The van der Waals surface area contributed by atoms with Crippen LogP contribution in [0.1, 0.15) is 32.8 Å². The third kappa shape index (κ3) is 5.87. The maximum Gasteiger partial charge on any atom is 0.242 e. The lowest BCUT2D eigenvalue weighted by Crippen LogP contribution is -2.45. The molecule has 0 saturated heterocycles. The van der Waals surface area contributed by atoms with Gasteiger partial charge in [0, 0.05) is 12.1 Å². The van der Waals surface area contributed by atoms with Crippen molar-refractivity contribution in [2.75, 3.05) is 12.3 Å². The maximum atomic E-state index is 12.0. The fraction of sp³-hybridized carbons (Fsp3) is 0.444. The lowest BCUT2D eigenvalue weighted by Gasteiger charge is -2.13. The standard InChI is InChI=1S/C18H25N5O2S/c1-4-10-19-17(25)12(3)20-15(24)11-26-18-21-16(22-23-18)14-8-6-13(5-2)7-9-14/h6-9,12H,4-5,10-11H2,1-3H3,(H,19,25)(H,20,24)(H,21,22,23)/t12-/m1/s1. The van der Waals surface area contributed by atoms with E-state index in [4.69, 9.17) is 0 Å². The molecule has 0 unspecified atom stereocenters. The Balaban J connectivity index is 1.83. The largest absolute Gasteiger partial charge is 0.354 e. The Kier molecular flexibility index (Phi) is 7.65. The highest BCUT2D eigenvalue weighted by Gasteiger charge is 2.16. The Morgan fingerprint density at radius 3 is 2.62 bits per heavy atom. The monoisotopic (exact) mass is 375 g/mol. The number of amides is 2. The molecule has 2 aromatic rings. The lowest BCUT2D eigenvalue weighted by atomic mass is 10.1. The number of nitrogens with zero attached hydrogens (tertiary/aromatic N) is 2. The van der Waals surface area contributed by atoms with Crippen molar-refractivity contribution in [1.82, 2.24) is 25.8 Å². The molecule has 0 spiro atoms. The molecule has 8 heteroatoms. The summed E-state index contributed by atoms with van der Waals surface area (Å²) in [6.45, 7) is 6.35. The van der Waals surface area contributed by atoms with Crippen molar-refractivity contribution in [3.8, 4) is 11.4 Å². The van der Waals surface area contributed by atoms with Crippen molar-refractivity contribution in [3.05, 3.63) is 29.8 Å². The zero-order valence-corrected chi connectivity index (χ0v) is 16.2. The first-order chi connectivity index (χ1) is 12.5. The van der Waals surface area contributed by atoms with Crippen molar-refractivity contribution in [1.29, 1.82) is 0 Å². The van der Waals surface area contributed by atoms with E-state index >= 15 is 0 Å². The summed E-state index contributed by atoms with van der Waals surface area (Å²) in [5, 5.41) is 12.9. The summed E-state index contributed by atoms with van der Waals surface area (Å²) in [6, 6.07) is 7.55. The van der Waals surface area contributed by atoms with Gasteiger partial charge in [-0.3, -0.25) is 14.7 Å². The number of nitrogens with one attached hydrogen (secondary N) is 3. The summed E-state index contributed by atoms with van der Waals surface area (Å²) >= 11 is 1.23. The predicted molar refractivity (Wildman–Crippen MR) is 103 cm³/mol. The number of thioether (sulfide) groups is 1.